The number of nitrogens with zero attached hydrogens (tertiary/aromatic N) is 1. The number of esters is 2. The predicted octanol–water partition coefficient (Wildman–Crippen LogP) is 18.2. The molecule has 2 atom stereocenters. The number of phosphoric ester groups is 1. The number of unbranched alkanes of at least 4 members (excludes halogenated alkanes) is 29. The Balaban J connectivity index is 4.12. The number of phosphoric acid groups is 1. The monoisotopic (exact) mass is 1040 g/mol. The molecule has 0 amide bonds. The first-order valence-electron chi connectivity index (χ1n) is 30.1. The van der Waals surface area contributed by atoms with Crippen molar-refractivity contribution in [2.75, 3.05) is 47.5 Å². The topological polar surface area (TPSA) is 111 Å². The van der Waals surface area contributed by atoms with E-state index in [2.05, 4.69) is 86.8 Å². The number of quaternary nitrogens is 1. The van der Waals surface area contributed by atoms with E-state index in [-0.39, 0.29) is 32.0 Å². The molecule has 0 aliphatic rings. The molecule has 424 valence electrons. The highest BCUT2D eigenvalue weighted by Gasteiger charge is 2.22. The fourth-order valence-corrected chi connectivity index (χ4v) is 9.10. The van der Waals surface area contributed by atoms with Crippen molar-refractivity contribution in [3.8, 4) is 0 Å². The SMILES string of the molecule is CC/C=C\C/C=C\C/C=C\C/C=C\C/C=C\C/C=C\CCCCCCCCCCCCCCC(=O)OC(COC(=O)CCCCCCCCCCCCCCCCCCCC)COP(=O)([O-])OCC[N+](C)(C)C. The van der Waals surface area contributed by atoms with Crippen molar-refractivity contribution in [3.63, 3.8) is 0 Å². The number of carbonyl (C=O) groups excluding carboxylic acids is 2. The van der Waals surface area contributed by atoms with Gasteiger partial charge in [0.2, 0.25) is 0 Å². The van der Waals surface area contributed by atoms with E-state index >= 15 is 0 Å². The lowest BCUT2D eigenvalue weighted by Crippen LogP contribution is -2.37. The average Bonchev–Trinajstić information content (AvgIpc) is 3.35. The van der Waals surface area contributed by atoms with Gasteiger partial charge in [-0.2, -0.15) is 0 Å². The molecule has 0 rings (SSSR count). The molecule has 0 saturated heterocycles. The minimum Gasteiger partial charge on any atom is -0.756 e. The Morgan fingerprint density at radius 2 is 0.781 bits per heavy atom. The molecular weight excluding hydrogens is 930 g/mol. The average molecular weight is 1040 g/mol. The number of carbonyl (C=O) groups is 2. The number of ether oxygens (including phenoxy) is 2. The molecule has 0 heterocycles. The highest BCUT2D eigenvalue weighted by molar-refractivity contribution is 7.45. The Bertz CT molecular complexity index is 1460. The number of hydrogen-bond donors (Lipinski definition) is 0. The van der Waals surface area contributed by atoms with Crippen molar-refractivity contribution in [1.29, 1.82) is 0 Å². The van der Waals surface area contributed by atoms with Gasteiger partial charge in [-0.3, -0.25) is 14.2 Å². The molecule has 10 heteroatoms. The van der Waals surface area contributed by atoms with E-state index in [0.717, 1.165) is 77.0 Å². The molecule has 0 bridgehead atoms. The van der Waals surface area contributed by atoms with Crippen LogP contribution in [0.5, 0.6) is 0 Å². The largest absolute Gasteiger partial charge is 0.756 e. The quantitative estimate of drug-likeness (QED) is 0.0195. The second-order valence-electron chi connectivity index (χ2n) is 21.3. The molecule has 73 heavy (non-hydrogen) atoms. The van der Waals surface area contributed by atoms with Gasteiger partial charge in [-0.1, -0.05) is 260 Å². The van der Waals surface area contributed by atoms with Crippen molar-refractivity contribution in [3.05, 3.63) is 72.9 Å². The van der Waals surface area contributed by atoms with Crippen molar-refractivity contribution in [1.82, 2.24) is 0 Å². The van der Waals surface area contributed by atoms with Gasteiger partial charge in [-0.15, -0.1) is 0 Å². The van der Waals surface area contributed by atoms with Crippen molar-refractivity contribution in [2.24, 2.45) is 0 Å². The van der Waals surface area contributed by atoms with Crippen molar-refractivity contribution in [2.45, 2.75) is 270 Å². The summed E-state index contributed by atoms with van der Waals surface area (Å²) in [6.45, 7) is 4.15. The summed E-state index contributed by atoms with van der Waals surface area (Å²) in [4.78, 5) is 37.9. The molecule has 2 unspecified atom stereocenters. The van der Waals surface area contributed by atoms with Gasteiger partial charge in [-0.25, -0.2) is 0 Å². The van der Waals surface area contributed by atoms with Gasteiger partial charge in [0.15, 0.2) is 6.10 Å². The molecule has 0 fully saturated rings. The fraction of sp³-hybridized carbons (Fsp3) is 0.778. The minimum absolute atomic E-state index is 0.0318. The molecule has 0 spiro atoms. The lowest BCUT2D eigenvalue weighted by molar-refractivity contribution is -0.870. The van der Waals surface area contributed by atoms with E-state index in [1.165, 1.54) is 154 Å². The van der Waals surface area contributed by atoms with E-state index in [1.54, 1.807) is 0 Å². The molecule has 0 saturated carbocycles. The zero-order chi connectivity index (χ0) is 53.5. The summed E-state index contributed by atoms with van der Waals surface area (Å²) in [7, 11) is 1.17. The molecule has 0 aliphatic carbocycles. The van der Waals surface area contributed by atoms with Crippen LogP contribution in [0.15, 0.2) is 72.9 Å². The third kappa shape index (κ3) is 58.6. The fourth-order valence-electron chi connectivity index (χ4n) is 8.37. The summed E-state index contributed by atoms with van der Waals surface area (Å²) < 4.78 is 34.2. The van der Waals surface area contributed by atoms with Crippen LogP contribution in [0.1, 0.15) is 264 Å². The van der Waals surface area contributed by atoms with Gasteiger partial charge in [0.05, 0.1) is 27.7 Å². The Kier molecular flexibility index (Phi) is 52.4. The molecule has 0 N–H and O–H groups in total. The molecule has 0 aromatic carbocycles. The normalized spacial score (nSPS) is 13.8. The highest BCUT2D eigenvalue weighted by Crippen LogP contribution is 2.38. The number of likely N-dealkylation sites (N-methyl/N-ethyl adjacent to an activating group) is 1. The Hall–Kier alpha value is -2.55. The second-order valence-corrected chi connectivity index (χ2v) is 22.8. The zero-order valence-corrected chi connectivity index (χ0v) is 49.0. The van der Waals surface area contributed by atoms with Gasteiger partial charge in [0.25, 0.3) is 7.82 Å². The molecule has 9 nitrogen and oxygen atoms in total. The second kappa shape index (κ2) is 54.2. The smallest absolute Gasteiger partial charge is 0.306 e. The highest BCUT2D eigenvalue weighted by atomic mass is 31.2. The summed E-state index contributed by atoms with van der Waals surface area (Å²) in [5, 5.41) is 0. The Morgan fingerprint density at radius 1 is 0.438 bits per heavy atom. The van der Waals surface area contributed by atoms with Crippen molar-refractivity contribution < 1.29 is 42.1 Å². The van der Waals surface area contributed by atoms with E-state index in [9.17, 15) is 19.0 Å². The van der Waals surface area contributed by atoms with Crippen LogP contribution in [0.3, 0.4) is 0 Å². The maximum Gasteiger partial charge on any atom is 0.306 e. The van der Waals surface area contributed by atoms with Crippen LogP contribution in [-0.2, 0) is 32.7 Å². The van der Waals surface area contributed by atoms with Crippen LogP contribution in [0.4, 0.5) is 0 Å². The van der Waals surface area contributed by atoms with Gasteiger partial charge >= 0.3 is 11.9 Å². The first-order valence-corrected chi connectivity index (χ1v) is 31.6. The molecule has 0 radical (unpaired) electrons. The summed E-state index contributed by atoms with van der Waals surface area (Å²) in [6, 6.07) is 0. The van der Waals surface area contributed by atoms with Gasteiger partial charge in [0, 0.05) is 12.8 Å². The van der Waals surface area contributed by atoms with Crippen LogP contribution >= 0.6 is 7.82 Å². The summed E-state index contributed by atoms with van der Waals surface area (Å²) >= 11 is 0. The molecule has 0 aromatic heterocycles. The Morgan fingerprint density at radius 3 is 1.16 bits per heavy atom. The van der Waals surface area contributed by atoms with Crippen LogP contribution in [0, 0.1) is 0 Å². The summed E-state index contributed by atoms with van der Waals surface area (Å²) in [5.41, 5.74) is 0. The van der Waals surface area contributed by atoms with E-state index in [4.69, 9.17) is 18.5 Å². The summed E-state index contributed by atoms with van der Waals surface area (Å²) in [6.07, 6.45) is 70.9. The molecular formula is C63H114NO8P. The maximum atomic E-state index is 12.8. The third-order valence-corrected chi connectivity index (χ3v) is 14.0. The summed E-state index contributed by atoms with van der Waals surface area (Å²) in [5.74, 6) is -0.827. The van der Waals surface area contributed by atoms with E-state index in [0.29, 0.717) is 17.4 Å². The molecule has 0 aliphatic heterocycles. The van der Waals surface area contributed by atoms with Crippen LogP contribution < -0.4 is 4.89 Å². The Labute approximate surface area is 450 Å². The number of rotatable bonds is 55. The third-order valence-electron chi connectivity index (χ3n) is 13.0. The van der Waals surface area contributed by atoms with Crippen LogP contribution in [0.25, 0.3) is 0 Å². The first-order chi connectivity index (χ1) is 35.5. The standard InChI is InChI=1S/C63H114NO8P/c1-6-8-10-12-14-16-18-20-22-24-26-27-28-29-30-31-32-33-34-35-36-37-38-40-42-44-46-48-50-52-54-56-63(66)72-61(60-71-73(67,68)70-58-57-64(3,4)5)59-69-62(65)55-53-51-49-47-45-43-41-39-25-23-21-19-17-15-13-11-9-7-2/h8,10,14,16,20,22,26-27,29-30,32-33,61H,6-7,9,11-13,15,17-19,21,23-25,28,31,34-60H2,1-5H3/b10-8-,16-14-,22-20-,27-26-,30-29-,33-32-. The van der Waals surface area contributed by atoms with Crippen LogP contribution in [-0.4, -0.2) is 70.0 Å². The lowest BCUT2D eigenvalue weighted by atomic mass is 10.0. The lowest BCUT2D eigenvalue weighted by Gasteiger charge is -2.28. The predicted molar refractivity (Wildman–Crippen MR) is 309 cm³/mol. The minimum atomic E-state index is -4.64. The van der Waals surface area contributed by atoms with Gasteiger partial charge in [-0.05, 0) is 64.2 Å². The van der Waals surface area contributed by atoms with Crippen molar-refractivity contribution >= 4 is 19.8 Å². The number of hydrogen-bond acceptors (Lipinski definition) is 8. The number of allylic oxidation sites excluding steroid dienone is 12. The van der Waals surface area contributed by atoms with Crippen LogP contribution in [0.2, 0.25) is 0 Å². The maximum absolute atomic E-state index is 12.8. The first kappa shape index (κ1) is 70.5. The van der Waals surface area contributed by atoms with Gasteiger partial charge in [0.1, 0.15) is 19.8 Å². The van der Waals surface area contributed by atoms with E-state index < -0.39 is 26.5 Å². The zero-order valence-electron chi connectivity index (χ0n) is 48.1. The van der Waals surface area contributed by atoms with E-state index in [1.807, 2.05) is 21.1 Å². The molecule has 0 aromatic rings. The van der Waals surface area contributed by atoms with Gasteiger partial charge < -0.3 is 27.9 Å².